The van der Waals surface area contributed by atoms with Crippen LogP contribution in [0.15, 0.2) is 72.8 Å². The normalized spacial score (nSPS) is 12.3. The average molecular weight is 455 g/mol. The number of benzene rings is 3. The summed E-state index contributed by atoms with van der Waals surface area (Å²) in [5.74, 6) is 1.22. The first kappa shape index (κ1) is 21.5. The van der Waals surface area contributed by atoms with Gasteiger partial charge in [0.15, 0.2) is 11.5 Å². The van der Waals surface area contributed by atoms with Gasteiger partial charge in [0.2, 0.25) is 22.7 Å². The minimum Gasteiger partial charge on any atom is -0.489 e. The summed E-state index contributed by atoms with van der Waals surface area (Å²) < 4.78 is 42.0. The summed E-state index contributed by atoms with van der Waals surface area (Å²) in [5.41, 5.74) is 1.87. The van der Waals surface area contributed by atoms with E-state index in [1.54, 1.807) is 42.5 Å². The lowest BCUT2D eigenvalue weighted by Crippen LogP contribution is -2.37. The molecular weight excluding hydrogens is 432 g/mol. The molecule has 9 heteroatoms. The molecule has 0 radical (unpaired) electrons. The molecule has 1 heterocycles. The minimum absolute atomic E-state index is 0.125. The molecule has 0 saturated carbocycles. The van der Waals surface area contributed by atoms with Crippen molar-refractivity contribution in [3.8, 4) is 17.2 Å². The first-order valence-electron chi connectivity index (χ1n) is 9.82. The first-order chi connectivity index (χ1) is 15.4. The number of ether oxygens (including phenoxy) is 3. The molecule has 8 nitrogen and oxygen atoms in total. The molecule has 1 aliphatic rings. The van der Waals surface area contributed by atoms with Crippen molar-refractivity contribution >= 4 is 27.3 Å². The third kappa shape index (κ3) is 5.30. The van der Waals surface area contributed by atoms with Crippen molar-refractivity contribution in [3.63, 3.8) is 0 Å². The number of hydrogen-bond acceptors (Lipinski definition) is 6. The zero-order chi connectivity index (χ0) is 22.6. The summed E-state index contributed by atoms with van der Waals surface area (Å²) in [6.45, 7) is 0.144. The van der Waals surface area contributed by atoms with E-state index < -0.39 is 15.9 Å². The van der Waals surface area contributed by atoms with Crippen LogP contribution in [-0.2, 0) is 21.4 Å². The number of fused-ring (bicyclic) bond motifs is 1. The van der Waals surface area contributed by atoms with Crippen LogP contribution in [0.5, 0.6) is 17.2 Å². The third-order valence-electron chi connectivity index (χ3n) is 4.72. The third-order valence-corrected chi connectivity index (χ3v) is 5.86. The van der Waals surface area contributed by atoms with Crippen LogP contribution in [0, 0.1) is 0 Å². The smallest absolute Gasteiger partial charge is 0.245 e. The molecule has 3 aromatic rings. The van der Waals surface area contributed by atoms with E-state index in [1.165, 1.54) is 0 Å². The van der Waals surface area contributed by atoms with Crippen molar-refractivity contribution in [2.24, 2.45) is 0 Å². The Labute approximate surface area is 186 Å². The standard InChI is InChI=1S/C23H22N2O6S/c1-32(27,28)25(14-23(26)24-18-7-12-21-22(13-18)31-16-30-21)19-8-10-20(11-9-19)29-15-17-5-3-2-4-6-17/h2-13H,14-16H2,1H3,(H,24,26). The largest absolute Gasteiger partial charge is 0.489 e. The molecule has 0 unspecified atom stereocenters. The molecule has 3 aromatic carbocycles. The second kappa shape index (κ2) is 9.19. The van der Waals surface area contributed by atoms with E-state index in [0.717, 1.165) is 16.1 Å². The zero-order valence-electron chi connectivity index (χ0n) is 17.4. The SMILES string of the molecule is CS(=O)(=O)N(CC(=O)Nc1ccc2c(c1)OCO2)c1ccc(OCc2ccccc2)cc1. The van der Waals surface area contributed by atoms with Gasteiger partial charge in [-0.25, -0.2) is 8.42 Å². The number of rotatable bonds is 8. The molecule has 0 atom stereocenters. The highest BCUT2D eigenvalue weighted by molar-refractivity contribution is 7.92. The highest BCUT2D eigenvalue weighted by atomic mass is 32.2. The predicted molar refractivity (Wildman–Crippen MR) is 121 cm³/mol. The Kier molecular flexibility index (Phi) is 6.18. The Morgan fingerprint density at radius 2 is 1.72 bits per heavy atom. The summed E-state index contributed by atoms with van der Waals surface area (Å²) in [6, 6.07) is 21.2. The number of carbonyl (C=O) groups is 1. The van der Waals surface area contributed by atoms with Crippen LogP contribution in [-0.4, -0.2) is 33.9 Å². The Hall–Kier alpha value is -3.72. The van der Waals surface area contributed by atoms with Gasteiger partial charge in [-0.05, 0) is 42.0 Å². The van der Waals surface area contributed by atoms with E-state index in [2.05, 4.69) is 5.32 Å². The molecule has 0 aliphatic carbocycles. The fraction of sp³-hybridized carbons (Fsp3) is 0.174. The Bertz CT molecular complexity index is 1200. The van der Waals surface area contributed by atoms with E-state index in [1.807, 2.05) is 30.3 Å². The molecule has 0 aromatic heterocycles. The maximum Gasteiger partial charge on any atom is 0.245 e. The molecule has 0 saturated heterocycles. The molecule has 1 amide bonds. The number of carbonyl (C=O) groups excluding carboxylic acids is 1. The number of hydrogen-bond donors (Lipinski definition) is 1. The van der Waals surface area contributed by atoms with E-state index in [-0.39, 0.29) is 13.3 Å². The van der Waals surface area contributed by atoms with Crippen LogP contribution in [0.1, 0.15) is 5.56 Å². The fourth-order valence-electron chi connectivity index (χ4n) is 3.15. The number of sulfonamides is 1. The van der Waals surface area contributed by atoms with Crippen LogP contribution in [0.3, 0.4) is 0 Å². The van der Waals surface area contributed by atoms with Gasteiger partial charge in [0, 0.05) is 11.8 Å². The lowest BCUT2D eigenvalue weighted by atomic mass is 10.2. The Balaban J connectivity index is 1.42. The summed E-state index contributed by atoms with van der Waals surface area (Å²) in [5, 5.41) is 2.69. The summed E-state index contributed by atoms with van der Waals surface area (Å²) in [4.78, 5) is 12.6. The molecular formula is C23H22N2O6S. The van der Waals surface area contributed by atoms with Gasteiger partial charge in [-0.2, -0.15) is 0 Å². The van der Waals surface area contributed by atoms with Gasteiger partial charge >= 0.3 is 0 Å². The average Bonchev–Trinajstić information content (AvgIpc) is 3.24. The molecule has 1 aliphatic heterocycles. The van der Waals surface area contributed by atoms with Gasteiger partial charge in [0.25, 0.3) is 0 Å². The van der Waals surface area contributed by atoms with Crippen LogP contribution in [0.25, 0.3) is 0 Å². The van der Waals surface area contributed by atoms with E-state index >= 15 is 0 Å². The molecule has 4 rings (SSSR count). The highest BCUT2D eigenvalue weighted by Crippen LogP contribution is 2.34. The van der Waals surface area contributed by atoms with Crippen LogP contribution >= 0.6 is 0 Å². The maximum atomic E-state index is 12.6. The van der Waals surface area contributed by atoms with E-state index in [0.29, 0.717) is 35.2 Å². The van der Waals surface area contributed by atoms with E-state index in [4.69, 9.17) is 14.2 Å². The minimum atomic E-state index is -3.70. The lowest BCUT2D eigenvalue weighted by molar-refractivity contribution is -0.114. The Morgan fingerprint density at radius 1 is 1.00 bits per heavy atom. The van der Waals surface area contributed by atoms with Crippen molar-refractivity contribution in [1.29, 1.82) is 0 Å². The van der Waals surface area contributed by atoms with Crippen molar-refractivity contribution in [2.75, 3.05) is 29.2 Å². The quantitative estimate of drug-likeness (QED) is 0.561. The van der Waals surface area contributed by atoms with Crippen molar-refractivity contribution in [1.82, 2.24) is 0 Å². The van der Waals surface area contributed by atoms with E-state index in [9.17, 15) is 13.2 Å². The number of nitrogens with one attached hydrogen (secondary N) is 1. The monoisotopic (exact) mass is 454 g/mol. The molecule has 0 bridgehead atoms. The lowest BCUT2D eigenvalue weighted by Gasteiger charge is -2.22. The molecule has 166 valence electrons. The predicted octanol–water partition coefficient (Wildman–Crippen LogP) is 3.40. The van der Waals surface area contributed by atoms with Gasteiger partial charge in [-0.3, -0.25) is 9.10 Å². The maximum absolute atomic E-state index is 12.6. The second-order valence-electron chi connectivity index (χ2n) is 7.15. The van der Waals surface area contributed by atoms with Crippen molar-refractivity contribution in [3.05, 3.63) is 78.4 Å². The molecule has 1 N–H and O–H groups in total. The summed E-state index contributed by atoms with van der Waals surface area (Å²) in [7, 11) is -3.70. The molecule has 0 spiro atoms. The van der Waals surface area contributed by atoms with Crippen LogP contribution < -0.4 is 23.8 Å². The zero-order valence-corrected chi connectivity index (χ0v) is 18.2. The van der Waals surface area contributed by atoms with Crippen LogP contribution in [0.2, 0.25) is 0 Å². The van der Waals surface area contributed by atoms with Gasteiger partial charge < -0.3 is 19.5 Å². The molecule has 0 fully saturated rings. The Morgan fingerprint density at radius 3 is 2.44 bits per heavy atom. The number of amides is 1. The van der Waals surface area contributed by atoms with Crippen LogP contribution in [0.4, 0.5) is 11.4 Å². The summed E-state index contributed by atoms with van der Waals surface area (Å²) in [6.07, 6.45) is 1.06. The van der Waals surface area contributed by atoms with Gasteiger partial charge in [-0.15, -0.1) is 0 Å². The highest BCUT2D eigenvalue weighted by Gasteiger charge is 2.22. The van der Waals surface area contributed by atoms with Gasteiger partial charge in [-0.1, -0.05) is 30.3 Å². The first-order valence-corrected chi connectivity index (χ1v) is 11.7. The number of anilines is 2. The van der Waals surface area contributed by atoms with Gasteiger partial charge in [0.1, 0.15) is 18.9 Å². The number of nitrogens with zero attached hydrogens (tertiary/aromatic N) is 1. The van der Waals surface area contributed by atoms with Gasteiger partial charge in [0.05, 0.1) is 11.9 Å². The van der Waals surface area contributed by atoms with Crippen molar-refractivity contribution < 1.29 is 27.4 Å². The van der Waals surface area contributed by atoms with Crippen molar-refractivity contribution in [2.45, 2.75) is 6.61 Å². The second-order valence-corrected chi connectivity index (χ2v) is 9.06. The fourth-order valence-corrected chi connectivity index (χ4v) is 4.01. The summed E-state index contributed by atoms with van der Waals surface area (Å²) >= 11 is 0. The topological polar surface area (TPSA) is 94.2 Å². The molecule has 32 heavy (non-hydrogen) atoms.